The molecule has 0 saturated heterocycles. The standard InChI is InChI=1S/C26H29N5O2/c1-17-15-30(21-11-10-18(2)19(3)14-21)25-27-23-22(31(25)16-17)24(32)29(26(33)28(23)4)13-12-20-8-6-5-7-9-20/h5-11,14,17H,12-13,15-16H2,1-4H3. The number of aromatic nitrogens is 4. The second kappa shape index (κ2) is 8.06. The van der Waals surface area contributed by atoms with Crippen molar-refractivity contribution in [2.45, 2.75) is 40.3 Å². The summed E-state index contributed by atoms with van der Waals surface area (Å²) in [4.78, 5) is 33.7. The van der Waals surface area contributed by atoms with Crippen LogP contribution in [0.15, 0.2) is 58.1 Å². The van der Waals surface area contributed by atoms with E-state index in [0.717, 1.165) is 23.7 Å². The lowest BCUT2D eigenvalue weighted by Gasteiger charge is -2.33. The van der Waals surface area contributed by atoms with Crippen LogP contribution in [0.5, 0.6) is 0 Å². The second-order valence-corrected chi connectivity index (χ2v) is 9.21. The number of nitrogens with zero attached hydrogens (tertiary/aromatic N) is 5. The molecular weight excluding hydrogens is 414 g/mol. The molecule has 2 aromatic carbocycles. The molecule has 0 bridgehead atoms. The Hall–Kier alpha value is -3.61. The lowest BCUT2D eigenvalue weighted by Crippen LogP contribution is -2.40. The highest BCUT2D eigenvalue weighted by molar-refractivity contribution is 5.77. The molecule has 1 aliphatic rings. The quantitative estimate of drug-likeness (QED) is 0.484. The van der Waals surface area contributed by atoms with Gasteiger partial charge in [0.2, 0.25) is 5.95 Å². The third-order valence-electron chi connectivity index (χ3n) is 6.71. The fourth-order valence-corrected chi connectivity index (χ4v) is 4.70. The summed E-state index contributed by atoms with van der Waals surface area (Å²) in [7, 11) is 1.70. The summed E-state index contributed by atoms with van der Waals surface area (Å²) in [6, 6.07) is 16.3. The highest BCUT2D eigenvalue weighted by Crippen LogP contribution is 2.33. The van der Waals surface area contributed by atoms with Gasteiger partial charge in [-0.25, -0.2) is 4.79 Å². The molecule has 0 radical (unpaired) electrons. The molecule has 0 saturated carbocycles. The number of rotatable bonds is 4. The van der Waals surface area contributed by atoms with Gasteiger partial charge in [0.15, 0.2) is 11.2 Å². The SMILES string of the molecule is Cc1ccc(N2CC(C)Cn3c2nc2c3c(=O)n(CCc3ccccc3)c(=O)n2C)cc1C. The zero-order chi connectivity index (χ0) is 23.3. The fraction of sp³-hybridized carbons (Fsp3) is 0.346. The van der Waals surface area contributed by atoms with Gasteiger partial charge in [0.25, 0.3) is 5.56 Å². The smallest absolute Gasteiger partial charge is 0.312 e. The minimum absolute atomic E-state index is 0.267. The summed E-state index contributed by atoms with van der Waals surface area (Å²) >= 11 is 0. The summed E-state index contributed by atoms with van der Waals surface area (Å²) in [5, 5.41) is 0. The maximum absolute atomic E-state index is 13.6. The molecule has 0 fully saturated rings. The molecule has 1 atom stereocenters. The highest BCUT2D eigenvalue weighted by atomic mass is 16.2. The molecule has 1 aliphatic heterocycles. The first kappa shape index (κ1) is 21.2. The van der Waals surface area contributed by atoms with Gasteiger partial charge in [-0.3, -0.25) is 13.9 Å². The minimum Gasteiger partial charge on any atom is -0.312 e. The fourth-order valence-electron chi connectivity index (χ4n) is 4.70. The van der Waals surface area contributed by atoms with Crippen molar-refractivity contribution in [2.75, 3.05) is 11.4 Å². The van der Waals surface area contributed by atoms with E-state index < -0.39 is 0 Å². The summed E-state index contributed by atoms with van der Waals surface area (Å²) < 4.78 is 4.86. The largest absolute Gasteiger partial charge is 0.332 e. The monoisotopic (exact) mass is 443 g/mol. The van der Waals surface area contributed by atoms with E-state index in [1.165, 1.54) is 20.3 Å². The average Bonchev–Trinajstić information content (AvgIpc) is 3.19. The van der Waals surface area contributed by atoms with Crippen molar-refractivity contribution in [2.24, 2.45) is 13.0 Å². The van der Waals surface area contributed by atoms with Crippen molar-refractivity contribution < 1.29 is 0 Å². The van der Waals surface area contributed by atoms with E-state index in [9.17, 15) is 9.59 Å². The maximum Gasteiger partial charge on any atom is 0.332 e. The van der Waals surface area contributed by atoms with Gasteiger partial charge in [-0.15, -0.1) is 0 Å². The molecule has 5 rings (SSSR count). The van der Waals surface area contributed by atoms with Crippen LogP contribution in [-0.4, -0.2) is 25.2 Å². The molecule has 4 aromatic rings. The number of hydrogen-bond donors (Lipinski definition) is 0. The van der Waals surface area contributed by atoms with Crippen molar-refractivity contribution in [3.05, 3.63) is 86.1 Å². The van der Waals surface area contributed by atoms with Gasteiger partial charge in [-0.2, -0.15) is 4.98 Å². The second-order valence-electron chi connectivity index (χ2n) is 9.21. The van der Waals surface area contributed by atoms with Gasteiger partial charge in [-0.1, -0.05) is 43.3 Å². The molecule has 0 aliphatic carbocycles. The number of benzene rings is 2. The Morgan fingerprint density at radius 2 is 1.76 bits per heavy atom. The van der Waals surface area contributed by atoms with E-state index in [4.69, 9.17) is 4.98 Å². The van der Waals surface area contributed by atoms with Gasteiger partial charge in [0.1, 0.15) is 0 Å². The Morgan fingerprint density at radius 1 is 1.00 bits per heavy atom. The summed E-state index contributed by atoms with van der Waals surface area (Å²) in [6.45, 7) is 8.22. The lowest BCUT2D eigenvalue weighted by atomic mass is 10.1. The molecule has 7 heteroatoms. The Morgan fingerprint density at radius 3 is 2.48 bits per heavy atom. The number of hydrogen-bond acceptors (Lipinski definition) is 4. The first-order valence-electron chi connectivity index (χ1n) is 11.4. The van der Waals surface area contributed by atoms with Crippen LogP contribution in [0.2, 0.25) is 0 Å². The minimum atomic E-state index is -0.329. The number of fused-ring (bicyclic) bond motifs is 3. The first-order chi connectivity index (χ1) is 15.8. The molecule has 0 N–H and O–H groups in total. The molecular formula is C26H29N5O2. The topological polar surface area (TPSA) is 65.1 Å². The van der Waals surface area contributed by atoms with Crippen molar-refractivity contribution in [1.82, 2.24) is 18.7 Å². The normalized spacial score (nSPS) is 15.8. The van der Waals surface area contributed by atoms with E-state index >= 15 is 0 Å². The van der Waals surface area contributed by atoms with Gasteiger partial charge >= 0.3 is 5.69 Å². The number of anilines is 2. The van der Waals surface area contributed by atoms with Crippen molar-refractivity contribution in [1.29, 1.82) is 0 Å². The highest BCUT2D eigenvalue weighted by Gasteiger charge is 2.30. The van der Waals surface area contributed by atoms with Crippen LogP contribution in [0.1, 0.15) is 23.6 Å². The van der Waals surface area contributed by atoms with Crippen molar-refractivity contribution in [3.8, 4) is 0 Å². The lowest BCUT2D eigenvalue weighted by molar-refractivity contribution is 0.457. The summed E-state index contributed by atoms with van der Waals surface area (Å²) in [5.74, 6) is 1.05. The van der Waals surface area contributed by atoms with Gasteiger partial charge in [-0.05, 0) is 55.0 Å². The third-order valence-corrected chi connectivity index (χ3v) is 6.71. The third kappa shape index (κ3) is 3.57. The molecule has 0 spiro atoms. The van der Waals surface area contributed by atoms with E-state index in [2.05, 4.69) is 43.9 Å². The Kier molecular flexibility index (Phi) is 5.19. The average molecular weight is 444 g/mol. The molecule has 3 heterocycles. The molecule has 2 aromatic heterocycles. The molecule has 1 unspecified atom stereocenters. The van der Waals surface area contributed by atoms with Gasteiger partial charge in [0, 0.05) is 32.4 Å². The number of imidazole rings is 1. The van der Waals surface area contributed by atoms with E-state index in [1.54, 1.807) is 7.05 Å². The van der Waals surface area contributed by atoms with E-state index in [0.29, 0.717) is 36.6 Å². The Labute approximate surface area is 192 Å². The molecule has 33 heavy (non-hydrogen) atoms. The van der Waals surface area contributed by atoms with Gasteiger partial charge in [0.05, 0.1) is 0 Å². The Bertz CT molecular complexity index is 1460. The summed E-state index contributed by atoms with van der Waals surface area (Å²) in [5.41, 5.74) is 4.94. The van der Waals surface area contributed by atoms with Crippen LogP contribution in [0.4, 0.5) is 11.6 Å². The molecule has 7 nitrogen and oxygen atoms in total. The van der Waals surface area contributed by atoms with Crippen LogP contribution < -0.4 is 16.1 Å². The molecule has 0 amide bonds. The predicted octanol–water partition coefficient (Wildman–Crippen LogP) is 3.54. The van der Waals surface area contributed by atoms with E-state index in [1.807, 2.05) is 34.9 Å². The van der Waals surface area contributed by atoms with Crippen LogP contribution in [-0.2, 0) is 26.6 Å². The van der Waals surface area contributed by atoms with Crippen molar-refractivity contribution >= 4 is 22.8 Å². The van der Waals surface area contributed by atoms with Crippen molar-refractivity contribution in [3.63, 3.8) is 0 Å². The van der Waals surface area contributed by atoms with Gasteiger partial charge < -0.3 is 9.47 Å². The first-order valence-corrected chi connectivity index (χ1v) is 11.4. The maximum atomic E-state index is 13.6. The van der Waals surface area contributed by atoms with Crippen LogP contribution in [0.3, 0.4) is 0 Å². The zero-order valence-corrected chi connectivity index (χ0v) is 19.6. The predicted molar refractivity (Wildman–Crippen MR) is 131 cm³/mol. The van der Waals surface area contributed by atoms with Crippen LogP contribution in [0, 0.1) is 19.8 Å². The Balaban J connectivity index is 1.65. The number of aryl methyl sites for hydroxylation is 4. The van der Waals surface area contributed by atoms with Crippen LogP contribution >= 0.6 is 0 Å². The molecule has 170 valence electrons. The summed E-state index contributed by atoms with van der Waals surface area (Å²) in [6.07, 6.45) is 0.619. The van der Waals surface area contributed by atoms with Crippen LogP contribution in [0.25, 0.3) is 11.2 Å². The van der Waals surface area contributed by atoms with E-state index in [-0.39, 0.29) is 11.2 Å². The zero-order valence-electron chi connectivity index (χ0n) is 19.6.